The van der Waals surface area contributed by atoms with Gasteiger partial charge in [0.25, 0.3) is 0 Å². The van der Waals surface area contributed by atoms with Gasteiger partial charge in [0.1, 0.15) is 0 Å². The highest BCUT2D eigenvalue weighted by Crippen LogP contribution is 2.40. The molecule has 0 spiro atoms. The quantitative estimate of drug-likeness (QED) is 0.293. The van der Waals surface area contributed by atoms with Crippen molar-refractivity contribution < 1.29 is 0 Å². The van der Waals surface area contributed by atoms with Crippen LogP contribution >= 0.6 is 0 Å². The predicted octanol–water partition coefficient (Wildman–Crippen LogP) is 8.35. The van der Waals surface area contributed by atoms with Crippen LogP contribution < -0.4 is 0 Å². The molecule has 0 heteroatoms. The Hall–Kier alpha value is -3.90. The number of benzene rings is 5. The van der Waals surface area contributed by atoms with Crippen LogP contribution in [-0.4, -0.2) is 0 Å². The Morgan fingerprint density at radius 1 is 0.267 bits per heavy atom. The van der Waals surface area contributed by atoms with E-state index in [1.807, 2.05) is 0 Å². The third-order valence-electron chi connectivity index (χ3n) is 5.49. The normalized spacial score (nSPS) is 10.7. The van der Waals surface area contributed by atoms with Gasteiger partial charge in [-0.1, -0.05) is 127 Å². The first kappa shape index (κ1) is 18.1. The van der Waals surface area contributed by atoms with Crippen molar-refractivity contribution in [1.29, 1.82) is 0 Å². The summed E-state index contributed by atoms with van der Waals surface area (Å²) in [6, 6.07) is 47.4. The molecule has 0 bridgehead atoms. The molecule has 5 aromatic rings. The molecule has 5 aromatic carbocycles. The fourth-order valence-electron chi connectivity index (χ4n) is 4.06. The van der Waals surface area contributed by atoms with Crippen molar-refractivity contribution in [3.05, 3.63) is 133 Å². The van der Waals surface area contributed by atoms with Crippen LogP contribution in [0, 0.1) is 0 Å². The van der Waals surface area contributed by atoms with Crippen LogP contribution in [0.25, 0.3) is 44.5 Å². The first-order valence-corrected chi connectivity index (χ1v) is 10.3. The van der Waals surface area contributed by atoms with Gasteiger partial charge in [-0.25, -0.2) is 0 Å². The van der Waals surface area contributed by atoms with Crippen molar-refractivity contribution in [2.24, 2.45) is 0 Å². The van der Waals surface area contributed by atoms with E-state index in [0.717, 1.165) is 0 Å². The molecule has 0 heterocycles. The summed E-state index contributed by atoms with van der Waals surface area (Å²) in [6.07, 6.45) is 0. The Labute approximate surface area is 178 Å². The van der Waals surface area contributed by atoms with E-state index in [2.05, 4.69) is 133 Å². The second-order valence-electron chi connectivity index (χ2n) is 7.41. The van der Waals surface area contributed by atoms with Crippen LogP contribution in [0.1, 0.15) is 0 Å². The highest BCUT2D eigenvalue weighted by atomic mass is 14.2. The minimum absolute atomic E-state index is 1.23. The summed E-state index contributed by atoms with van der Waals surface area (Å²) in [6.45, 7) is 0. The SMILES string of the molecule is c1ccc(-c2cccc(-c3cccc(-c4ccccc4)c3-c3ccccc3)c2)cc1. The van der Waals surface area contributed by atoms with Crippen LogP contribution in [0.2, 0.25) is 0 Å². The van der Waals surface area contributed by atoms with E-state index in [4.69, 9.17) is 0 Å². The van der Waals surface area contributed by atoms with E-state index in [-0.39, 0.29) is 0 Å². The molecular formula is C30H22. The van der Waals surface area contributed by atoms with Crippen molar-refractivity contribution in [1.82, 2.24) is 0 Å². The molecule has 0 saturated heterocycles. The summed E-state index contributed by atoms with van der Waals surface area (Å²) in [5, 5.41) is 0. The molecule has 0 atom stereocenters. The largest absolute Gasteiger partial charge is 0.0622 e. The van der Waals surface area contributed by atoms with Gasteiger partial charge >= 0.3 is 0 Å². The van der Waals surface area contributed by atoms with Crippen molar-refractivity contribution in [3.63, 3.8) is 0 Å². The molecule has 142 valence electrons. The molecule has 0 unspecified atom stereocenters. The maximum absolute atomic E-state index is 2.30. The highest BCUT2D eigenvalue weighted by molar-refractivity contribution is 5.95. The lowest BCUT2D eigenvalue weighted by atomic mass is 9.87. The van der Waals surface area contributed by atoms with E-state index >= 15 is 0 Å². The number of rotatable bonds is 4. The Balaban J connectivity index is 1.74. The van der Waals surface area contributed by atoms with Crippen LogP contribution in [0.5, 0.6) is 0 Å². The first-order valence-electron chi connectivity index (χ1n) is 10.3. The molecular weight excluding hydrogens is 360 g/mol. The lowest BCUT2D eigenvalue weighted by Gasteiger charge is -2.17. The van der Waals surface area contributed by atoms with Crippen molar-refractivity contribution in [3.8, 4) is 44.5 Å². The van der Waals surface area contributed by atoms with E-state index in [1.165, 1.54) is 44.5 Å². The van der Waals surface area contributed by atoms with Crippen molar-refractivity contribution >= 4 is 0 Å². The molecule has 0 fully saturated rings. The lowest BCUT2D eigenvalue weighted by molar-refractivity contribution is 1.55. The number of hydrogen-bond donors (Lipinski definition) is 0. The molecule has 0 N–H and O–H groups in total. The van der Waals surface area contributed by atoms with Crippen LogP contribution in [0.3, 0.4) is 0 Å². The van der Waals surface area contributed by atoms with Crippen LogP contribution in [0.4, 0.5) is 0 Å². The van der Waals surface area contributed by atoms with Gasteiger partial charge < -0.3 is 0 Å². The van der Waals surface area contributed by atoms with Crippen molar-refractivity contribution in [2.75, 3.05) is 0 Å². The molecule has 0 radical (unpaired) electrons. The first-order chi connectivity index (χ1) is 14.9. The zero-order valence-electron chi connectivity index (χ0n) is 16.7. The topological polar surface area (TPSA) is 0 Å². The van der Waals surface area contributed by atoms with E-state index < -0.39 is 0 Å². The summed E-state index contributed by atoms with van der Waals surface area (Å²) in [5.41, 5.74) is 9.94. The summed E-state index contributed by atoms with van der Waals surface area (Å²) >= 11 is 0. The average Bonchev–Trinajstić information content (AvgIpc) is 2.85. The van der Waals surface area contributed by atoms with Gasteiger partial charge in [-0.15, -0.1) is 0 Å². The maximum atomic E-state index is 2.30. The van der Waals surface area contributed by atoms with Gasteiger partial charge in [0.15, 0.2) is 0 Å². The molecule has 30 heavy (non-hydrogen) atoms. The molecule has 0 amide bonds. The van der Waals surface area contributed by atoms with Crippen LogP contribution in [0.15, 0.2) is 133 Å². The lowest BCUT2D eigenvalue weighted by Crippen LogP contribution is -1.91. The fourth-order valence-corrected chi connectivity index (χ4v) is 4.06. The molecule has 0 aliphatic rings. The van der Waals surface area contributed by atoms with Gasteiger partial charge in [-0.3, -0.25) is 0 Å². The molecule has 0 aliphatic carbocycles. The third kappa shape index (κ3) is 3.56. The minimum atomic E-state index is 1.23. The fraction of sp³-hybridized carbons (Fsp3) is 0. The van der Waals surface area contributed by atoms with Crippen molar-refractivity contribution in [2.45, 2.75) is 0 Å². The van der Waals surface area contributed by atoms with E-state index in [9.17, 15) is 0 Å². The average molecular weight is 383 g/mol. The second kappa shape index (κ2) is 8.23. The molecule has 0 aromatic heterocycles. The second-order valence-corrected chi connectivity index (χ2v) is 7.41. The zero-order chi connectivity index (χ0) is 20.2. The summed E-state index contributed by atoms with van der Waals surface area (Å²) in [7, 11) is 0. The Morgan fingerprint density at radius 2 is 0.700 bits per heavy atom. The maximum Gasteiger partial charge on any atom is -0.00268 e. The number of hydrogen-bond acceptors (Lipinski definition) is 0. The van der Waals surface area contributed by atoms with Crippen LogP contribution in [-0.2, 0) is 0 Å². The van der Waals surface area contributed by atoms with Gasteiger partial charge in [-0.2, -0.15) is 0 Å². The summed E-state index contributed by atoms with van der Waals surface area (Å²) in [5.74, 6) is 0. The molecule has 0 aliphatic heterocycles. The monoisotopic (exact) mass is 382 g/mol. The highest BCUT2D eigenvalue weighted by Gasteiger charge is 2.14. The molecule has 0 nitrogen and oxygen atoms in total. The minimum Gasteiger partial charge on any atom is -0.0622 e. The Kier molecular flexibility index (Phi) is 4.98. The standard InChI is InChI=1S/C30H22/c1-4-12-23(13-5-1)26-18-10-19-27(22-26)29-21-11-20-28(24-14-6-2-7-15-24)30(29)25-16-8-3-9-17-25/h1-22H. The molecule has 0 saturated carbocycles. The molecule has 5 rings (SSSR count). The van der Waals surface area contributed by atoms with Gasteiger partial charge in [0, 0.05) is 0 Å². The van der Waals surface area contributed by atoms with Gasteiger partial charge in [0.05, 0.1) is 0 Å². The Bertz CT molecular complexity index is 1250. The smallest absolute Gasteiger partial charge is 0.00268 e. The van der Waals surface area contributed by atoms with E-state index in [0.29, 0.717) is 0 Å². The van der Waals surface area contributed by atoms with Gasteiger partial charge in [-0.05, 0) is 50.6 Å². The Morgan fingerprint density at radius 3 is 1.33 bits per heavy atom. The third-order valence-corrected chi connectivity index (χ3v) is 5.49. The van der Waals surface area contributed by atoms with Gasteiger partial charge in [0.2, 0.25) is 0 Å². The summed E-state index contributed by atoms with van der Waals surface area (Å²) in [4.78, 5) is 0. The zero-order valence-corrected chi connectivity index (χ0v) is 16.7. The summed E-state index contributed by atoms with van der Waals surface area (Å²) < 4.78 is 0. The predicted molar refractivity (Wildman–Crippen MR) is 128 cm³/mol. The van der Waals surface area contributed by atoms with E-state index in [1.54, 1.807) is 0 Å².